The highest BCUT2D eigenvalue weighted by molar-refractivity contribution is 6.29. The van der Waals surface area contributed by atoms with Gasteiger partial charge in [-0.3, -0.25) is 9.59 Å². The van der Waals surface area contributed by atoms with Gasteiger partial charge in [0, 0.05) is 44.7 Å². The van der Waals surface area contributed by atoms with E-state index >= 15 is 0 Å². The number of nitrogens with zero attached hydrogens (tertiary/aromatic N) is 1. The average molecular weight is 297 g/mol. The van der Waals surface area contributed by atoms with E-state index in [4.69, 9.17) is 0 Å². The second kappa shape index (κ2) is 6.76. The zero-order valence-corrected chi connectivity index (χ0v) is 12.9. The number of aromatic nitrogens is 1. The van der Waals surface area contributed by atoms with E-state index in [2.05, 4.69) is 10.3 Å². The molecule has 1 aromatic carbocycles. The number of benzene rings is 1. The molecule has 0 bridgehead atoms. The largest absolute Gasteiger partial charge is 0.383 e. The van der Waals surface area contributed by atoms with E-state index in [1.807, 2.05) is 49.3 Å². The fraction of sp³-hybridized carbons (Fsp3) is 0.176. The lowest BCUT2D eigenvalue weighted by Gasteiger charge is -2.11. The molecule has 0 spiro atoms. The van der Waals surface area contributed by atoms with Crippen LogP contribution in [-0.2, 0) is 0 Å². The van der Waals surface area contributed by atoms with Crippen molar-refractivity contribution in [1.82, 2.24) is 15.2 Å². The van der Waals surface area contributed by atoms with Crippen LogP contribution < -0.4 is 5.32 Å². The Kier molecular flexibility index (Phi) is 4.78. The minimum atomic E-state index is -0.253. The molecule has 0 aliphatic rings. The van der Waals surface area contributed by atoms with Gasteiger partial charge < -0.3 is 15.2 Å². The van der Waals surface area contributed by atoms with Crippen LogP contribution in [0.5, 0.6) is 0 Å². The molecule has 0 unspecified atom stereocenters. The molecule has 2 rings (SSSR count). The van der Waals surface area contributed by atoms with Gasteiger partial charge in [-0.05, 0) is 11.6 Å². The number of carbonyl (C=O) groups excluding carboxylic acids is 2. The third-order valence-electron chi connectivity index (χ3n) is 3.13. The van der Waals surface area contributed by atoms with Crippen molar-refractivity contribution in [2.75, 3.05) is 21.1 Å². The molecule has 1 heterocycles. The summed E-state index contributed by atoms with van der Waals surface area (Å²) in [6, 6.07) is 11.0. The number of aromatic amines is 1. The van der Waals surface area contributed by atoms with Crippen LogP contribution in [0, 0.1) is 0 Å². The van der Waals surface area contributed by atoms with E-state index < -0.39 is 0 Å². The number of hydrogen-bond acceptors (Lipinski definition) is 3. The standard InChI is InChI=1S/C17H19N3O2/c1-18-17(22)15-9-13(10-19-15)16(21)14(11-20(2)3)12-7-5-4-6-8-12/h4-11,19H,1-3H3,(H,18,22)/b14-11+. The molecule has 0 atom stereocenters. The third-order valence-corrected chi connectivity index (χ3v) is 3.13. The summed E-state index contributed by atoms with van der Waals surface area (Å²) in [6.07, 6.45) is 3.34. The Morgan fingerprint density at radius 3 is 2.41 bits per heavy atom. The van der Waals surface area contributed by atoms with Gasteiger partial charge in [0.15, 0.2) is 5.78 Å². The Morgan fingerprint density at radius 1 is 1.14 bits per heavy atom. The van der Waals surface area contributed by atoms with E-state index in [-0.39, 0.29) is 11.7 Å². The number of H-pyrrole nitrogens is 1. The molecule has 0 aliphatic heterocycles. The van der Waals surface area contributed by atoms with Crippen molar-refractivity contribution in [2.24, 2.45) is 0 Å². The van der Waals surface area contributed by atoms with E-state index in [1.165, 1.54) is 0 Å². The van der Waals surface area contributed by atoms with Gasteiger partial charge in [0.25, 0.3) is 5.91 Å². The first-order chi connectivity index (χ1) is 10.5. The summed E-state index contributed by atoms with van der Waals surface area (Å²) < 4.78 is 0. The molecule has 0 radical (unpaired) electrons. The number of rotatable bonds is 5. The first-order valence-electron chi connectivity index (χ1n) is 6.91. The highest BCUT2D eigenvalue weighted by atomic mass is 16.2. The van der Waals surface area contributed by atoms with Crippen molar-refractivity contribution < 1.29 is 9.59 Å². The molecule has 5 nitrogen and oxygen atoms in total. The molecule has 5 heteroatoms. The van der Waals surface area contributed by atoms with Crippen molar-refractivity contribution in [1.29, 1.82) is 0 Å². The highest BCUT2D eigenvalue weighted by Gasteiger charge is 2.17. The van der Waals surface area contributed by atoms with Crippen molar-refractivity contribution in [3.63, 3.8) is 0 Å². The van der Waals surface area contributed by atoms with Gasteiger partial charge in [0.2, 0.25) is 0 Å². The van der Waals surface area contributed by atoms with Gasteiger partial charge in [-0.25, -0.2) is 0 Å². The Morgan fingerprint density at radius 2 is 1.82 bits per heavy atom. The first-order valence-corrected chi connectivity index (χ1v) is 6.91. The van der Waals surface area contributed by atoms with Crippen LogP contribution in [-0.4, -0.2) is 42.7 Å². The van der Waals surface area contributed by atoms with Crippen LogP contribution in [0.15, 0.2) is 48.8 Å². The lowest BCUT2D eigenvalue weighted by Crippen LogP contribution is -2.17. The van der Waals surface area contributed by atoms with Gasteiger partial charge in [0.05, 0.1) is 0 Å². The molecule has 2 aromatic rings. The summed E-state index contributed by atoms with van der Waals surface area (Å²) in [5.41, 5.74) is 2.23. The topological polar surface area (TPSA) is 65.2 Å². The fourth-order valence-corrected chi connectivity index (χ4v) is 2.09. The van der Waals surface area contributed by atoms with Crippen LogP contribution in [0.4, 0.5) is 0 Å². The molecule has 0 saturated heterocycles. The van der Waals surface area contributed by atoms with Gasteiger partial charge in [-0.2, -0.15) is 0 Å². The monoisotopic (exact) mass is 297 g/mol. The van der Waals surface area contributed by atoms with Crippen LogP contribution in [0.2, 0.25) is 0 Å². The van der Waals surface area contributed by atoms with Gasteiger partial charge in [0.1, 0.15) is 5.69 Å². The van der Waals surface area contributed by atoms with Crippen LogP contribution >= 0.6 is 0 Å². The predicted octanol–water partition coefficient (Wildman–Crippen LogP) is 2.16. The Labute approximate surface area is 129 Å². The summed E-state index contributed by atoms with van der Waals surface area (Å²) in [4.78, 5) is 29.0. The normalized spacial score (nSPS) is 11.1. The maximum Gasteiger partial charge on any atom is 0.267 e. The third kappa shape index (κ3) is 3.44. The summed E-state index contributed by atoms with van der Waals surface area (Å²) >= 11 is 0. The number of nitrogens with one attached hydrogen (secondary N) is 2. The van der Waals surface area contributed by atoms with Crippen molar-refractivity contribution in [3.8, 4) is 0 Å². The molecular weight excluding hydrogens is 278 g/mol. The number of amides is 1. The number of carbonyl (C=O) groups is 2. The molecule has 0 fully saturated rings. The molecule has 0 saturated carbocycles. The Hall–Kier alpha value is -2.82. The van der Waals surface area contributed by atoms with E-state index in [1.54, 1.807) is 25.5 Å². The van der Waals surface area contributed by atoms with Crippen molar-refractivity contribution in [2.45, 2.75) is 0 Å². The lowest BCUT2D eigenvalue weighted by molar-refractivity contribution is 0.0958. The number of allylic oxidation sites excluding steroid dienone is 1. The number of ketones is 1. The van der Waals surface area contributed by atoms with Crippen molar-refractivity contribution >= 4 is 17.3 Å². The summed E-state index contributed by atoms with van der Waals surface area (Å²) in [7, 11) is 5.28. The SMILES string of the molecule is CNC(=O)c1cc(C(=O)/C(=C/N(C)C)c2ccccc2)c[nH]1. The van der Waals surface area contributed by atoms with Crippen molar-refractivity contribution in [3.05, 3.63) is 65.6 Å². The minimum Gasteiger partial charge on any atom is -0.383 e. The van der Waals surface area contributed by atoms with Crippen LogP contribution in [0.25, 0.3) is 5.57 Å². The number of Topliss-reactive ketones (excluding diaryl/α,β-unsaturated/α-hetero) is 1. The number of hydrogen-bond donors (Lipinski definition) is 2. The van der Waals surface area contributed by atoms with Gasteiger partial charge >= 0.3 is 0 Å². The van der Waals surface area contributed by atoms with Crippen LogP contribution in [0.3, 0.4) is 0 Å². The Bertz CT molecular complexity index is 700. The average Bonchev–Trinajstić information content (AvgIpc) is 3.02. The summed E-state index contributed by atoms with van der Waals surface area (Å²) in [6.45, 7) is 0. The zero-order chi connectivity index (χ0) is 16.1. The molecule has 1 aromatic heterocycles. The molecule has 1 amide bonds. The fourth-order valence-electron chi connectivity index (χ4n) is 2.09. The quantitative estimate of drug-likeness (QED) is 0.656. The smallest absolute Gasteiger partial charge is 0.267 e. The highest BCUT2D eigenvalue weighted by Crippen LogP contribution is 2.20. The van der Waals surface area contributed by atoms with E-state index in [0.717, 1.165) is 5.56 Å². The second-order valence-electron chi connectivity index (χ2n) is 5.08. The predicted molar refractivity (Wildman–Crippen MR) is 86.6 cm³/mol. The lowest BCUT2D eigenvalue weighted by atomic mass is 9.99. The van der Waals surface area contributed by atoms with E-state index in [9.17, 15) is 9.59 Å². The Balaban J connectivity index is 2.38. The maximum atomic E-state index is 12.8. The molecule has 2 N–H and O–H groups in total. The zero-order valence-electron chi connectivity index (χ0n) is 12.9. The van der Waals surface area contributed by atoms with Crippen LogP contribution in [0.1, 0.15) is 26.4 Å². The minimum absolute atomic E-state index is 0.133. The molecule has 114 valence electrons. The van der Waals surface area contributed by atoms with Gasteiger partial charge in [-0.15, -0.1) is 0 Å². The first kappa shape index (κ1) is 15.6. The molecule has 0 aliphatic carbocycles. The summed E-state index contributed by atoms with van der Waals surface area (Å²) in [5, 5.41) is 2.52. The second-order valence-corrected chi connectivity index (χ2v) is 5.08. The van der Waals surface area contributed by atoms with Gasteiger partial charge in [-0.1, -0.05) is 30.3 Å². The van der Waals surface area contributed by atoms with E-state index in [0.29, 0.717) is 16.8 Å². The summed E-state index contributed by atoms with van der Waals surface area (Å²) in [5.74, 6) is -0.386. The maximum absolute atomic E-state index is 12.8. The molecule has 22 heavy (non-hydrogen) atoms. The molecular formula is C17H19N3O2.